The Morgan fingerprint density at radius 2 is 0.567 bits per heavy atom. The molecule has 0 atom stereocenters. The molecule has 30 heavy (non-hydrogen) atoms. The summed E-state index contributed by atoms with van der Waals surface area (Å²) in [5.41, 5.74) is 0. The van der Waals surface area contributed by atoms with Crippen LogP contribution < -0.4 is 48.0 Å². The highest BCUT2D eigenvalue weighted by atomic mass is 127. The van der Waals surface area contributed by atoms with Crippen molar-refractivity contribution >= 4 is 0 Å². The van der Waals surface area contributed by atoms with Gasteiger partial charge in [0, 0.05) is 0 Å². The summed E-state index contributed by atoms with van der Waals surface area (Å²) in [6.45, 7) is 9.95. The zero-order valence-electron chi connectivity index (χ0n) is 21.8. The summed E-state index contributed by atoms with van der Waals surface area (Å²) in [5, 5.41) is 0. The average Bonchev–Trinajstić information content (AvgIpc) is 2.65. The fourth-order valence-electron chi connectivity index (χ4n) is 4.11. The van der Waals surface area contributed by atoms with E-state index < -0.39 is 0 Å². The first-order valence-corrected chi connectivity index (χ1v) is 13.0. The number of quaternary nitrogens is 2. The van der Waals surface area contributed by atoms with Gasteiger partial charge in [-0.25, -0.2) is 0 Å². The number of hydrogen-bond donors (Lipinski definition) is 0. The van der Waals surface area contributed by atoms with Gasteiger partial charge in [-0.05, 0) is 25.7 Å². The first-order chi connectivity index (χ1) is 13.3. The van der Waals surface area contributed by atoms with E-state index in [1.807, 2.05) is 0 Å². The van der Waals surface area contributed by atoms with Crippen LogP contribution in [0.3, 0.4) is 0 Å². The van der Waals surface area contributed by atoms with E-state index in [9.17, 15) is 0 Å². The van der Waals surface area contributed by atoms with Crippen molar-refractivity contribution in [2.75, 3.05) is 54.4 Å². The molecule has 186 valence electrons. The van der Waals surface area contributed by atoms with Crippen molar-refractivity contribution in [3.63, 3.8) is 0 Å². The molecular weight excluding hydrogens is 594 g/mol. The second-order valence-corrected chi connectivity index (χ2v) is 10.7. The number of hydrogen-bond acceptors (Lipinski definition) is 0. The van der Waals surface area contributed by atoms with Crippen LogP contribution in [0.15, 0.2) is 0 Å². The van der Waals surface area contributed by atoms with Crippen LogP contribution in [0.4, 0.5) is 0 Å². The van der Waals surface area contributed by atoms with E-state index in [1.165, 1.54) is 138 Å². The van der Waals surface area contributed by atoms with E-state index in [-0.39, 0.29) is 48.0 Å². The van der Waals surface area contributed by atoms with Crippen molar-refractivity contribution in [1.29, 1.82) is 0 Å². The molecule has 0 amide bonds. The van der Waals surface area contributed by atoms with E-state index in [0.29, 0.717) is 0 Å². The van der Waals surface area contributed by atoms with Crippen molar-refractivity contribution in [2.24, 2.45) is 0 Å². The van der Waals surface area contributed by atoms with Crippen LogP contribution in [0.5, 0.6) is 0 Å². The van der Waals surface area contributed by atoms with Crippen LogP contribution in [-0.2, 0) is 0 Å². The highest BCUT2D eigenvalue weighted by Gasteiger charge is 2.22. The van der Waals surface area contributed by atoms with Crippen LogP contribution in [0.1, 0.15) is 117 Å². The van der Waals surface area contributed by atoms with Crippen molar-refractivity contribution in [3.8, 4) is 0 Å². The topological polar surface area (TPSA) is 0 Å². The number of rotatable bonds is 21. The first-order valence-electron chi connectivity index (χ1n) is 13.0. The molecule has 0 aromatic heterocycles. The minimum absolute atomic E-state index is 0. The third-order valence-electron chi connectivity index (χ3n) is 6.54. The number of nitrogens with zero attached hydrogens (tertiary/aromatic N) is 2. The smallest absolute Gasteiger partial charge is 0.128 e. The molecule has 0 fully saturated rings. The highest BCUT2D eigenvalue weighted by molar-refractivity contribution is 4.48. The van der Waals surface area contributed by atoms with Gasteiger partial charge >= 0.3 is 0 Å². The standard InChI is InChI=1S/C26H58N2.2HI/c1-7-9-11-13-15-17-19-21-23-27(3,4)25-26-28(5,6)24-22-20-18-16-14-12-10-8-2;;/h7-26H2,1-6H3;2*1H/q+2;;/p-2. The lowest BCUT2D eigenvalue weighted by molar-refractivity contribution is -0.946. The molecule has 0 aliphatic rings. The van der Waals surface area contributed by atoms with Crippen LogP contribution in [-0.4, -0.2) is 63.3 Å². The zero-order valence-corrected chi connectivity index (χ0v) is 26.1. The van der Waals surface area contributed by atoms with Crippen LogP contribution in [0, 0.1) is 0 Å². The van der Waals surface area contributed by atoms with Gasteiger partial charge in [-0.15, -0.1) is 0 Å². The van der Waals surface area contributed by atoms with Gasteiger partial charge in [0.15, 0.2) is 0 Å². The maximum absolute atomic E-state index is 2.44. The second kappa shape index (κ2) is 23.5. The van der Waals surface area contributed by atoms with Crippen molar-refractivity contribution in [2.45, 2.75) is 117 Å². The third kappa shape index (κ3) is 25.6. The van der Waals surface area contributed by atoms with E-state index in [2.05, 4.69) is 42.0 Å². The Labute approximate surface area is 226 Å². The van der Waals surface area contributed by atoms with Gasteiger partial charge in [0.25, 0.3) is 0 Å². The van der Waals surface area contributed by atoms with Gasteiger partial charge in [-0.1, -0.05) is 90.9 Å². The molecule has 0 bridgehead atoms. The molecule has 0 aliphatic heterocycles. The summed E-state index contributed by atoms with van der Waals surface area (Å²) in [6.07, 6.45) is 22.9. The van der Waals surface area contributed by atoms with E-state index >= 15 is 0 Å². The minimum atomic E-state index is 0. The Morgan fingerprint density at radius 3 is 0.833 bits per heavy atom. The van der Waals surface area contributed by atoms with Crippen LogP contribution in [0.25, 0.3) is 0 Å². The molecule has 0 aromatic rings. The minimum Gasteiger partial charge on any atom is -1.00 e. The summed E-state index contributed by atoms with van der Waals surface area (Å²) < 4.78 is 2.41. The number of halogens is 2. The summed E-state index contributed by atoms with van der Waals surface area (Å²) in [5.74, 6) is 0. The molecule has 4 heteroatoms. The molecule has 0 spiro atoms. The zero-order chi connectivity index (χ0) is 21.1. The Bertz CT molecular complexity index is 301. The van der Waals surface area contributed by atoms with Crippen molar-refractivity contribution < 1.29 is 56.9 Å². The quantitative estimate of drug-likeness (QED) is 0.100. The van der Waals surface area contributed by atoms with Gasteiger partial charge in [-0.3, -0.25) is 0 Å². The number of likely N-dealkylation sites (N-methyl/N-ethyl adjacent to an activating group) is 2. The maximum Gasteiger partial charge on any atom is 0.128 e. The lowest BCUT2D eigenvalue weighted by Crippen LogP contribution is -3.00. The molecule has 0 heterocycles. The lowest BCUT2D eigenvalue weighted by atomic mass is 10.1. The summed E-state index contributed by atoms with van der Waals surface area (Å²) in [4.78, 5) is 0. The normalized spacial score (nSPS) is 11.8. The monoisotopic (exact) mass is 652 g/mol. The summed E-state index contributed by atoms with van der Waals surface area (Å²) >= 11 is 0. The van der Waals surface area contributed by atoms with Gasteiger partial charge < -0.3 is 56.9 Å². The van der Waals surface area contributed by atoms with Crippen LogP contribution >= 0.6 is 0 Å². The van der Waals surface area contributed by atoms with E-state index in [1.54, 1.807) is 0 Å². The molecule has 0 aliphatic carbocycles. The van der Waals surface area contributed by atoms with Gasteiger partial charge in [0.05, 0.1) is 41.3 Å². The summed E-state index contributed by atoms with van der Waals surface area (Å²) in [7, 11) is 9.77. The molecule has 0 saturated heterocycles. The second-order valence-electron chi connectivity index (χ2n) is 10.7. The SMILES string of the molecule is CCCCCCCCCC[N+](C)(C)CC[N+](C)(C)CCCCCCCCCC.[I-].[I-]. The Balaban J connectivity index is -0.00000364. The fraction of sp³-hybridized carbons (Fsp3) is 1.00. The Kier molecular flexibility index (Phi) is 28.2. The summed E-state index contributed by atoms with van der Waals surface area (Å²) in [6, 6.07) is 0. The molecule has 0 saturated carbocycles. The van der Waals surface area contributed by atoms with E-state index in [4.69, 9.17) is 0 Å². The average molecular weight is 653 g/mol. The molecule has 0 radical (unpaired) electrons. The molecule has 2 nitrogen and oxygen atoms in total. The van der Waals surface area contributed by atoms with Crippen molar-refractivity contribution in [1.82, 2.24) is 0 Å². The molecule has 0 unspecified atom stereocenters. The first kappa shape index (κ1) is 36.0. The van der Waals surface area contributed by atoms with Gasteiger partial charge in [0.2, 0.25) is 0 Å². The van der Waals surface area contributed by atoms with Crippen LogP contribution in [0.2, 0.25) is 0 Å². The van der Waals surface area contributed by atoms with Gasteiger partial charge in [0.1, 0.15) is 13.1 Å². The molecule has 0 N–H and O–H groups in total. The Hall–Kier alpha value is 1.38. The van der Waals surface area contributed by atoms with Crippen molar-refractivity contribution in [3.05, 3.63) is 0 Å². The largest absolute Gasteiger partial charge is 1.00 e. The third-order valence-corrected chi connectivity index (χ3v) is 6.54. The highest BCUT2D eigenvalue weighted by Crippen LogP contribution is 2.13. The maximum atomic E-state index is 2.44. The fourth-order valence-corrected chi connectivity index (χ4v) is 4.11. The molecule has 0 aromatic carbocycles. The molecular formula is C26H58I2N2. The van der Waals surface area contributed by atoms with E-state index in [0.717, 1.165) is 0 Å². The Morgan fingerprint density at radius 1 is 0.333 bits per heavy atom. The predicted molar refractivity (Wildman–Crippen MR) is 129 cm³/mol. The number of unbranched alkanes of at least 4 members (excludes halogenated alkanes) is 14. The predicted octanol–water partition coefficient (Wildman–Crippen LogP) is 1.43. The van der Waals surface area contributed by atoms with Gasteiger partial charge in [-0.2, -0.15) is 0 Å². The lowest BCUT2D eigenvalue weighted by Gasteiger charge is -2.36. The molecule has 0 rings (SSSR count).